The van der Waals surface area contributed by atoms with Crippen LogP contribution in [0.5, 0.6) is 0 Å². The molecule has 0 aliphatic carbocycles. The van der Waals surface area contributed by atoms with Crippen molar-refractivity contribution in [2.75, 3.05) is 19.7 Å². The molecule has 18 heavy (non-hydrogen) atoms. The van der Waals surface area contributed by atoms with Gasteiger partial charge >= 0.3 is 0 Å². The van der Waals surface area contributed by atoms with Crippen LogP contribution < -0.4 is 0 Å². The van der Waals surface area contributed by atoms with Gasteiger partial charge in [-0.3, -0.25) is 4.79 Å². The summed E-state index contributed by atoms with van der Waals surface area (Å²) < 4.78 is 8.49. The number of aromatic nitrogens is 1. The lowest BCUT2D eigenvalue weighted by atomic mass is 10.2. The van der Waals surface area contributed by atoms with Crippen molar-refractivity contribution in [2.45, 2.75) is 25.9 Å². The summed E-state index contributed by atoms with van der Waals surface area (Å²) in [6.07, 6.45) is 3.92. The van der Waals surface area contributed by atoms with E-state index in [1.807, 2.05) is 28.8 Å². The number of halogens is 1. The van der Waals surface area contributed by atoms with Crippen LogP contribution in [0.15, 0.2) is 16.7 Å². The number of amides is 1. The van der Waals surface area contributed by atoms with Crippen LogP contribution in [0.2, 0.25) is 0 Å². The monoisotopic (exact) mass is 314 g/mol. The molecule has 4 nitrogen and oxygen atoms in total. The second-order valence-electron chi connectivity index (χ2n) is 4.66. The van der Waals surface area contributed by atoms with Gasteiger partial charge in [-0.25, -0.2) is 0 Å². The first-order valence-corrected chi connectivity index (χ1v) is 7.14. The van der Waals surface area contributed by atoms with E-state index in [2.05, 4.69) is 22.9 Å². The largest absolute Gasteiger partial charge is 0.376 e. The first-order valence-electron chi connectivity index (χ1n) is 6.34. The molecule has 1 unspecified atom stereocenters. The second kappa shape index (κ2) is 5.89. The van der Waals surface area contributed by atoms with Crippen LogP contribution in [0.1, 0.15) is 30.3 Å². The number of carbonyl (C=O) groups excluding carboxylic acids is 1. The van der Waals surface area contributed by atoms with E-state index in [0.717, 1.165) is 36.2 Å². The molecule has 1 aromatic rings. The molecular formula is C13H19BrN2O2. The fourth-order valence-electron chi connectivity index (χ4n) is 2.23. The Kier molecular flexibility index (Phi) is 4.45. The maximum absolute atomic E-state index is 12.5. The number of rotatable bonds is 2. The van der Waals surface area contributed by atoms with E-state index < -0.39 is 0 Å². The number of hydrogen-bond acceptors (Lipinski definition) is 2. The third-order valence-corrected chi connectivity index (χ3v) is 3.72. The average Bonchev–Trinajstić information content (AvgIpc) is 2.57. The van der Waals surface area contributed by atoms with E-state index in [4.69, 9.17) is 4.74 Å². The summed E-state index contributed by atoms with van der Waals surface area (Å²) in [6, 6.07) is 1.87. The van der Waals surface area contributed by atoms with Crippen LogP contribution in [-0.2, 0) is 11.8 Å². The smallest absolute Gasteiger partial charge is 0.270 e. The van der Waals surface area contributed by atoms with Crippen molar-refractivity contribution < 1.29 is 9.53 Å². The Hall–Kier alpha value is -0.810. The van der Waals surface area contributed by atoms with E-state index in [0.29, 0.717) is 6.54 Å². The minimum Gasteiger partial charge on any atom is -0.376 e. The molecule has 100 valence electrons. The van der Waals surface area contributed by atoms with E-state index in [1.54, 1.807) is 0 Å². The first kappa shape index (κ1) is 13.6. The highest BCUT2D eigenvalue weighted by molar-refractivity contribution is 9.10. The lowest BCUT2D eigenvalue weighted by Gasteiger charge is -2.23. The topological polar surface area (TPSA) is 34.5 Å². The predicted molar refractivity (Wildman–Crippen MR) is 73.7 cm³/mol. The zero-order valence-corrected chi connectivity index (χ0v) is 12.4. The van der Waals surface area contributed by atoms with E-state index in [9.17, 15) is 4.79 Å². The van der Waals surface area contributed by atoms with Crippen LogP contribution in [0.4, 0.5) is 0 Å². The summed E-state index contributed by atoms with van der Waals surface area (Å²) >= 11 is 3.40. The molecule has 1 aliphatic heterocycles. The molecule has 1 fully saturated rings. The summed E-state index contributed by atoms with van der Waals surface area (Å²) in [6.45, 7) is 4.31. The van der Waals surface area contributed by atoms with Gasteiger partial charge in [-0.1, -0.05) is 6.92 Å². The number of nitrogens with zero attached hydrogens (tertiary/aromatic N) is 2. The fraction of sp³-hybridized carbons (Fsp3) is 0.615. The van der Waals surface area contributed by atoms with Crippen molar-refractivity contribution in [3.63, 3.8) is 0 Å². The molecule has 0 N–H and O–H groups in total. The highest BCUT2D eigenvalue weighted by atomic mass is 79.9. The summed E-state index contributed by atoms with van der Waals surface area (Å²) in [5.74, 6) is 0.0900. The zero-order valence-electron chi connectivity index (χ0n) is 10.9. The molecule has 0 aromatic carbocycles. The Labute approximate surface area is 116 Å². The number of aryl methyl sites for hydroxylation is 1. The molecule has 0 saturated carbocycles. The minimum atomic E-state index is 0.0900. The van der Waals surface area contributed by atoms with Crippen LogP contribution in [0.3, 0.4) is 0 Å². The maximum Gasteiger partial charge on any atom is 0.270 e. The van der Waals surface area contributed by atoms with Crippen molar-refractivity contribution in [2.24, 2.45) is 7.05 Å². The minimum absolute atomic E-state index is 0.0900. The van der Waals surface area contributed by atoms with Crippen molar-refractivity contribution >= 4 is 21.8 Å². The third-order valence-electron chi connectivity index (χ3n) is 3.28. The molecule has 1 aliphatic rings. The molecule has 1 amide bonds. The van der Waals surface area contributed by atoms with Crippen molar-refractivity contribution in [3.05, 3.63) is 22.4 Å². The molecule has 2 rings (SSSR count). The van der Waals surface area contributed by atoms with E-state index in [1.165, 1.54) is 0 Å². The molecule has 0 radical (unpaired) electrons. The van der Waals surface area contributed by atoms with E-state index in [-0.39, 0.29) is 12.0 Å². The highest BCUT2D eigenvalue weighted by Crippen LogP contribution is 2.17. The summed E-state index contributed by atoms with van der Waals surface area (Å²) in [4.78, 5) is 14.4. The lowest BCUT2D eigenvalue weighted by molar-refractivity contribution is 0.0456. The van der Waals surface area contributed by atoms with Gasteiger partial charge in [-0.05, 0) is 34.8 Å². The maximum atomic E-state index is 12.5. The van der Waals surface area contributed by atoms with Gasteiger partial charge in [0.2, 0.25) is 0 Å². The third kappa shape index (κ3) is 2.95. The van der Waals surface area contributed by atoms with Gasteiger partial charge in [0.15, 0.2) is 0 Å². The fourth-order valence-corrected chi connectivity index (χ4v) is 2.75. The van der Waals surface area contributed by atoms with Crippen molar-refractivity contribution in [1.29, 1.82) is 0 Å². The van der Waals surface area contributed by atoms with Crippen LogP contribution in [0, 0.1) is 0 Å². The van der Waals surface area contributed by atoms with E-state index >= 15 is 0 Å². The molecule has 1 saturated heterocycles. The van der Waals surface area contributed by atoms with Crippen LogP contribution >= 0.6 is 15.9 Å². The number of ether oxygens (including phenoxy) is 1. The van der Waals surface area contributed by atoms with Gasteiger partial charge < -0.3 is 14.2 Å². The van der Waals surface area contributed by atoms with Gasteiger partial charge in [0.25, 0.3) is 5.91 Å². The highest BCUT2D eigenvalue weighted by Gasteiger charge is 2.24. The molecule has 5 heteroatoms. The van der Waals surface area contributed by atoms with Crippen molar-refractivity contribution in [3.8, 4) is 0 Å². The SMILES string of the molecule is CCC1CN(C(=O)c2cc(Br)cn2C)CCCO1. The number of carbonyl (C=O) groups is 1. The van der Waals surface area contributed by atoms with Gasteiger partial charge in [-0.2, -0.15) is 0 Å². The molecule has 1 aromatic heterocycles. The van der Waals surface area contributed by atoms with Gasteiger partial charge in [0.1, 0.15) is 5.69 Å². The second-order valence-corrected chi connectivity index (χ2v) is 5.58. The first-order chi connectivity index (χ1) is 8.61. The summed E-state index contributed by atoms with van der Waals surface area (Å²) in [5, 5.41) is 0. The molecule has 0 spiro atoms. The Morgan fingerprint density at radius 3 is 3.00 bits per heavy atom. The predicted octanol–water partition coefficient (Wildman–Crippen LogP) is 2.43. The quantitative estimate of drug-likeness (QED) is 0.840. The van der Waals surface area contributed by atoms with Gasteiger partial charge in [0, 0.05) is 37.4 Å². The molecule has 2 heterocycles. The Morgan fingerprint density at radius 1 is 1.61 bits per heavy atom. The van der Waals surface area contributed by atoms with Gasteiger partial charge in [0.05, 0.1) is 6.10 Å². The lowest BCUT2D eigenvalue weighted by Crippen LogP contribution is -2.37. The molecular weight excluding hydrogens is 296 g/mol. The Balaban J connectivity index is 2.14. The Morgan fingerprint density at radius 2 is 2.39 bits per heavy atom. The Bertz CT molecular complexity index is 431. The summed E-state index contributed by atoms with van der Waals surface area (Å²) in [7, 11) is 1.89. The normalized spacial score (nSPS) is 20.8. The van der Waals surface area contributed by atoms with Crippen molar-refractivity contribution in [1.82, 2.24) is 9.47 Å². The average molecular weight is 315 g/mol. The molecule has 1 atom stereocenters. The standard InChI is InChI=1S/C13H19BrN2O2/c1-3-11-9-16(5-4-6-18-11)13(17)12-7-10(14)8-15(12)2/h7-8,11H,3-6,9H2,1-2H3. The zero-order chi connectivity index (χ0) is 13.1. The summed E-state index contributed by atoms with van der Waals surface area (Å²) in [5.41, 5.74) is 0.721. The van der Waals surface area contributed by atoms with Crippen LogP contribution in [-0.4, -0.2) is 41.2 Å². The van der Waals surface area contributed by atoms with Gasteiger partial charge in [-0.15, -0.1) is 0 Å². The number of hydrogen-bond donors (Lipinski definition) is 0. The van der Waals surface area contributed by atoms with Crippen LogP contribution in [0.25, 0.3) is 0 Å². The molecule has 0 bridgehead atoms.